The molecule has 1 saturated heterocycles. The number of morpholine rings is 1. The molecule has 1 amide bonds. The van der Waals surface area contributed by atoms with Crippen molar-refractivity contribution < 1.29 is 13.9 Å². The Kier molecular flexibility index (Phi) is 7.74. The number of nitrogens with zero attached hydrogens (tertiary/aromatic N) is 1. The average molecular weight is 434 g/mol. The molecule has 2 aromatic rings. The van der Waals surface area contributed by atoms with Gasteiger partial charge in [0.15, 0.2) is 0 Å². The van der Waals surface area contributed by atoms with E-state index >= 15 is 0 Å². The molecule has 27 heavy (non-hydrogen) atoms. The highest BCUT2D eigenvalue weighted by molar-refractivity contribution is 6.35. The van der Waals surface area contributed by atoms with E-state index in [1.54, 1.807) is 4.90 Å². The number of rotatable bonds is 4. The molecule has 1 unspecified atom stereocenters. The van der Waals surface area contributed by atoms with E-state index in [4.69, 9.17) is 33.7 Å². The highest BCUT2D eigenvalue weighted by atomic mass is 35.5. The molecule has 1 aliphatic rings. The van der Waals surface area contributed by atoms with E-state index in [0.717, 1.165) is 5.56 Å². The van der Waals surface area contributed by atoms with Gasteiger partial charge in [-0.1, -0.05) is 41.4 Å². The van der Waals surface area contributed by atoms with Crippen LogP contribution < -0.4 is 5.73 Å². The number of hydrogen-bond donors (Lipinski definition) is 1. The number of nitrogens with two attached hydrogens (primary N) is 1. The quantitative estimate of drug-likeness (QED) is 0.563. The Morgan fingerprint density at radius 2 is 2.00 bits per heavy atom. The highest BCUT2D eigenvalue weighted by Gasteiger charge is 2.27. The average Bonchev–Trinajstić information content (AvgIpc) is 2.64. The Balaban J connectivity index is 0.00000261. The number of hydrogen-bond acceptors (Lipinski definition) is 3. The molecule has 1 atom stereocenters. The van der Waals surface area contributed by atoms with E-state index in [0.29, 0.717) is 48.8 Å². The smallest absolute Gasteiger partial charge is 0.223 e. The van der Waals surface area contributed by atoms with Crippen molar-refractivity contribution in [3.05, 3.63) is 63.4 Å². The zero-order valence-electron chi connectivity index (χ0n) is 14.5. The summed E-state index contributed by atoms with van der Waals surface area (Å²) in [7, 11) is 0. The number of ether oxygens (including phenoxy) is 1. The van der Waals surface area contributed by atoms with Gasteiger partial charge in [0.1, 0.15) is 11.9 Å². The molecule has 2 aromatic carbocycles. The van der Waals surface area contributed by atoms with Crippen molar-refractivity contribution in [2.45, 2.75) is 18.9 Å². The van der Waals surface area contributed by atoms with E-state index < -0.39 is 11.9 Å². The van der Waals surface area contributed by atoms with Crippen molar-refractivity contribution in [3.63, 3.8) is 0 Å². The third-order valence-corrected chi connectivity index (χ3v) is 5.09. The Morgan fingerprint density at radius 3 is 2.74 bits per heavy atom. The van der Waals surface area contributed by atoms with E-state index in [1.807, 2.05) is 24.3 Å². The SMILES string of the molecule is Cl.Nc1ccccc1CCC(=O)N1CCOC(c2cc(F)c(Cl)cc2Cl)C1. The first-order chi connectivity index (χ1) is 12.5. The molecule has 4 nitrogen and oxygen atoms in total. The fraction of sp³-hybridized carbons (Fsp3) is 0.316. The number of carbonyl (C=O) groups is 1. The van der Waals surface area contributed by atoms with Crippen molar-refractivity contribution in [2.75, 3.05) is 25.4 Å². The third kappa shape index (κ3) is 5.26. The van der Waals surface area contributed by atoms with Crippen LogP contribution in [0.25, 0.3) is 0 Å². The van der Waals surface area contributed by atoms with Crippen LogP contribution in [0.15, 0.2) is 36.4 Å². The summed E-state index contributed by atoms with van der Waals surface area (Å²) in [6, 6.07) is 10.1. The molecule has 146 valence electrons. The molecule has 0 aromatic heterocycles. The van der Waals surface area contributed by atoms with Crippen LogP contribution in [0.1, 0.15) is 23.7 Å². The van der Waals surface area contributed by atoms with E-state index in [9.17, 15) is 9.18 Å². The molecule has 1 heterocycles. The summed E-state index contributed by atoms with van der Waals surface area (Å²) in [6.45, 7) is 1.18. The number of para-hydroxylation sites is 1. The number of benzene rings is 2. The maximum atomic E-state index is 13.8. The van der Waals surface area contributed by atoms with Gasteiger partial charge in [-0.2, -0.15) is 0 Å². The standard InChI is InChI=1S/C19H19Cl2FN2O2.ClH/c20-14-10-15(21)16(22)9-13(14)18-11-24(7-8-26-18)19(25)6-5-12-3-1-2-4-17(12)23;/h1-4,9-10,18H,5-8,11,23H2;1H. The van der Waals surface area contributed by atoms with Crippen LogP contribution in [-0.2, 0) is 16.0 Å². The van der Waals surface area contributed by atoms with Crippen LogP contribution in [0, 0.1) is 5.82 Å². The van der Waals surface area contributed by atoms with Crippen LogP contribution in [0.5, 0.6) is 0 Å². The van der Waals surface area contributed by atoms with Crippen LogP contribution in [0.3, 0.4) is 0 Å². The predicted molar refractivity (Wildman–Crippen MR) is 108 cm³/mol. The van der Waals surface area contributed by atoms with Gasteiger partial charge >= 0.3 is 0 Å². The summed E-state index contributed by atoms with van der Waals surface area (Å²) in [5.41, 5.74) is 8.06. The molecule has 1 aliphatic heterocycles. The predicted octanol–water partition coefficient (Wildman–Crippen LogP) is 4.67. The fourth-order valence-electron chi connectivity index (χ4n) is 3.01. The lowest BCUT2D eigenvalue weighted by Gasteiger charge is -2.33. The summed E-state index contributed by atoms with van der Waals surface area (Å²) in [6.07, 6.45) is 0.446. The molecule has 1 fully saturated rings. The summed E-state index contributed by atoms with van der Waals surface area (Å²) in [4.78, 5) is 14.3. The van der Waals surface area contributed by atoms with Crippen molar-refractivity contribution in [3.8, 4) is 0 Å². The molecule has 0 bridgehead atoms. The summed E-state index contributed by atoms with van der Waals surface area (Å²) in [5.74, 6) is -0.551. The van der Waals surface area contributed by atoms with Crippen molar-refractivity contribution >= 4 is 47.2 Å². The lowest BCUT2D eigenvalue weighted by atomic mass is 10.1. The normalized spacial score (nSPS) is 16.7. The first kappa shape index (κ1) is 21.8. The van der Waals surface area contributed by atoms with Crippen LogP contribution in [-0.4, -0.2) is 30.5 Å². The molecule has 2 N–H and O–H groups in total. The first-order valence-electron chi connectivity index (χ1n) is 8.33. The maximum Gasteiger partial charge on any atom is 0.223 e. The molecule has 0 aliphatic carbocycles. The van der Waals surface area contributed by atoms with Crippen molar-refractivity contribution in [1.29, 1.82) is 0 Å². The van der Waals surface area contributed by atoms with Gasteiger partial charge in [-0.25, -0.2) is 4.39 Å². The first-order valence-corrected chi connectivity index (χ1v) is 9.08. The fourth-order valence-corrected chi connectivity index (χ4v) is 3.52. The van der Waals surface area contributed by atoms with Crippen molar-refractivity contribution in [1.82, 2.24) is 4.90 Å². The molecular formula is C19H20Cl3FN2O2. The Labute approximate surface area is 173 Å². The van der Waals surface area contributed by atoms with Gasteiger partial charge in [0.2, 0.25) is 5.91 Å². The van der Waals surface area contributed by atoms with Crippen LogP contribution in [0.2, 0.25) is 10.0 Å². The van der Waals surface area contributed by atoms with Gasteiger partial charge in [-0.05, 0) is 30.2 Å². The minimum Gasteiger partial charge on any atom is -0.399 e. The lowest BCUT2D eigenvalue weighted by Crippen LogP contribution is -2.42. The number of halogens is 4. The van der Waals surface area contributed by atoms with Gasteiger partial charge in [0, 0.05) is 29.2 Å². The minimum atomic E-state index is -0.558. The summed E-state index contributed by atoms with van der Waals surface area (Å²) in [5, 5.41) is 0.288. The Morgan fingerprint density at radius 1 is 1.26 bits per heavy atom. The largest absolute Gasteiger partial charge is 0.399 e. The molecule has 8 heteroatoms. The van der Waals surface area contributed by atoms with Crippen molar-refractivity contribution in [2.24, 2.45) is 0 Å². The highest BCUT2D eigenvalue weighted by Crippen LogP contribution is 2.32. The monoisotopic (exact) mass is 432 g/mol. The molecule has 0 radical (unpaired) electrons. The van der Waals surface area contributed by atoms with E-state index in [2.05, 4.69) is 0 Å². The number of anilines is 1. The number of amides is 1. The summed E-state index contributed by atoms with van der Waals surface area (Å²) < 4.78 is 19.5. The van der Waals surface area contributed by atoms with Crippen LogP contribution in [0.4, 0.5) is 10.1 Å². The van der Waals surface area contributed by atoms with Gasteiger partial charge in [-0.3, -0.25) is 4.79 Å². The topological polar surface area (TPSA) is 55.6 Å². The Hall–Kier alpha value is -1.53. The Bertz CT molecular complexity index is 820. The van der Waals surface area contributed by atoms with E-state index in [-0.39, 0.29) is 23.3 Å². The molecular weight excluding hydrogens is 414 g/mol. The number of carbonyl (C=O) groups excluding carboxylic acids is 1. The van der Waals surface area contributed by atoms with Gasteiger partial charge in [-0.15, -0.1) is 12.4 Å². The lowest BCUT2D eigenvalue weighted by molar-refractivity contribution is -0.139. The second-order valence-electron chi connectivity index (χ2n) is 6.19. The maximum absolute atomic E-state index is 13.8. The zero-order chi connectivity index (χ0) is 18.7. The molecule has 0 saturated carbocycles. The number of nitrogen functional groups attached to an aromatic ring is 1. The second kappa shape index (κ2) is 9.60. The molecule has 3 rings (SSSR count). The van der Waals surface area contributed by atoms with Gasteiger partial charge in [0.25, 0.3) is 0 Å². The second-order valence-corrected chi connectivity index (χ2v) is 7.00. The zero-order valence-corrected chi connectivity index (χ0v) is 16.8. The number of aryl methyl sites for hydroxylation is 1. The minimum absolute atomic E-state index is 0. The summed E-state index contributed by atoms with van der Waals surface area (Å²) >= 11 is 11.9. The van der Waals surface area contributed by atoms with Crippen LogP contribution >= 0.6 is 35.6 Å². The molecule has 0 spiro atoms. The third-order valence-electron chi connectivity index (χ3n) is 4.47. The van der Waals surface area contributed by atoms with Gasteiger partial charge in [0.05, 0.1) is 18.2 Å². The van der Waals surface area contributed by atoms with E-state index in [1.165, 1.54) is 12.1 Å². The van der Waals surface area contributed by atoms with Gasteiger partial charge < -0.3 is 15.4 Å².